The summed E-state index contributed by atoms with van der Waals surface area (Å²) in [6.07, 6.45) is -1.87. The summed E-state index contributed by atoms with van der Waals surface area (Å²) in [5.74, 6) is 1.69. The third-order valence-electron chi connectivity index (χ3n) is 4.54. The Bertz CT molecular complexity index is 801. The number of aromatic nitrogens is 1. The van der Waals surface area contributed by atoms with Gasteiger partial charge in [0.05, 0.1) is 19.3 Å². The van der Waals surface area contributed by atoms with E-state index >= 15 is 0 Å². The zero-order valence-electron chi connectivity index (χ0n) is 15.9. The standard InChI is InChI=1S/C19H24F3N5O/c1-13-3-5-14(6-4-13)16-9-24-17(28-16)10-25-18(23-2)26-15-7-8-27(11-15)12-19(20,21)22/h3-6,9,15H,7-8,10-12H2,1-2H3,(H2,23,25,26). The smallest absolute Gasteiger partial charge is 0.401 e. The second-order valence-corrected chi connectivity index (χ2v) is 6.89. The maximum Gasteiger partial charge on any atom is 0.401 e. The lowest BCUT2D eigenvalue weighted by Gasteiger charge is -2.19. The molecule has 9 heteroatoms. The molecule has 1 saturated heterocycles. The Morgan fingerprint density at radius 3 is 2.75 bits per heavy atom. The molecule has 0 spiro atoms. The first kappa shape index (κ1) is 20.2. The summed E-state index contributed by atoms with van der Waals surface area (Å²) < 4.78 is 43.3. The van der Waals surface area contributed by atoms with Gasteiger partial charge in [-0.2, -0.15) is 13.2 Å². The number of aryl methyl sites for hydroxylation is 1. The number of alkyl halides is 3. The van der Waals surface area contributed by atoms with Crippen LogP contribution < -0.4 is 10.6 Å². The van der Waals surface area contributed by atoms with Gasteiger partial charge < -0.3 is 15.1 Å². The van der Waals surface area contributed by atoms with Crippen molar-refractivity contribution >= 4 is 5.96 Å². The van der Waals surface area contributed by atoms with Crippen LogP contribution >= 0.6 is 0 Å². The number of oxazole rings is 1. The van der Waals surface area contributed by atoms with E-state index in [2.05, 4.69) is 20.6 Å². The number of nitrogens with one attached hydrogen (secondary N) is 2. The zero-order valence-corrected chi connectivity index (χ0v) is 15.9. The van der Waals surface area contributed by atoms with Crippen molar-refractivity contribution in [2.24, 2.45) is 4.99 Å². The maximum absolute atomic E-state index is 12.5. The van der Waals surface area contributed by atoms with Gasteiger partial charge >= 0.3 is 6.18 Å². The van der Waals surface area contributed by atoms with E-state index in [-0.39, 0.29) is 6.04 Å². The van der Waals surface area contributed by atoms with Crippen LogP contribution in [0.2, 0.25) is 0 Å². The number of likely N-dealkylation sites (tertiary alicyclic amines) is 1. The van der Waals surface area contributed by atoms with E-state index < -0.39 is 12.7 Å². The van der Waals surface area contributed by atoms with Crippen molar-refractivity contribution in [2.45, 2.75) is 32.1 Å². The van der Waals surface area contributed by atoms with Crippen molar-refractivity contribution in [1.29, 1.82) is 0 Å². The Hall–Kier alpha value is -2.55. The SMILES string of the molecule is CN=C(NCc1ncc(-c2ccc(C)cc2)o1)NC1CCN(CC(F)(F)F)C1. The first-order valence-corrected chi connectivity index (χ1v) is 9.10. The number of rotatable bonds is 5. The van der Waals surface area contributed by atoms with Crippen molar-refractivity contribution < 1.29 is 17.6 Å². The Morgan fingerprint density at radius 1 is 1.32 bits per heavy atom. The van der Waals surface area contributed by atoms with Gasteiger partial charge in [0.2, 0.25) is 5.89 Å². The van der Waals surface area contributed by atoms with Crippen molar-refractivity contribution in [3.05, 3.63) is 41.9 Å². The second-order valence-electron chi connectivity index (χ2n) is 6.89. The Labute approximate surface area is 161 Å². The van der Waals surface area contributed by atoms with Gasteiger partial charge in [0, 0.05) is 31.7 Å². The number of aliphatic imine (C=N–C) groups is 1. The van der Waals surface area contributed by atoms with E-state index in [9.17, 15) is 13.2 Å². The summed E-state index contributed by atoms with van der Waals surface area (Å²) >= 11 is 0. The molecule has 1 aromatic carbocycles. The molecule has 2 N–H and O–H groups in total. The summed E-state index contributed by atoms with van der Waals surface area (Å²) in [4.78, 5) is 9.78. The van der Waals surface area contributed by atoms with E-state index in [0.29, 0.717) is 43.7 Å². The molecule has 1 aliphatic heterocycles. The Morgan fingerprint density at radius 2 is 2.07 bits per heavy atom. The predicted octanol–water partition coefficient (Wildman–Crippen LogP) is 2.95. The molecule has 3 rings (SSSR count). The van der Waals surface area contributed by atoms with E-state index in [4.69, 9.17) is 4.42 Å². The normalized spacial score (nSPS) is 18.5. The number of benzene rings is 1. The fraction of sp³-hybridized carbons (Fsp3) is 0.474. The first-order chi connectivity index (χ1) is 13.3. The number of hydrogen-bond donors (Lipinski definition) is 2. The van der Waals surface area contributed by atoms with Crippen LogP contribution in [0.1, 0.15) is 17.9 Å². The lowest BCUT2D eigenvalue weighted by Crippen LogP contribution is -2.44. The van der Waals surface area contributed by atoms with Gasteiger partial charge in [0.25, 0.3) is 0 Å². The molecule has 6 nitrogen and oxygen atoms in total. The van der Waals surface area contributed by atoms with Crippen LogP contribution in [0, 0.1) is 6.92 Å². The molecule has 1 fully saturated rings. The molecule has 0 aliphatic carbocycles. The molecule has 0 radical (unpaired) electrons. The lowest BCUT2D eigenvalue weighted by atomic mass is 10.1. The monoisotopic (exact) mass is 395 g/mol. The summed E-state index contributed by atoms with van der Waals surface area (Å²) in [5, 5.41) is 6.25. The molecular formula is C19H24F3N5O. The lowest BCUT2D eigenvalue weighted by molar-refractivity contribution is -0.143. The average Bonchev–Trinajstić information content (AvgIpc) is 3.27. The fourth-order valence-corrected chi connectivity index (χ4v) is 3.14. The fourth-order valence-electron chi connectivity index (χ4n) is 3.14. The van der Waals surface area contributed by atoms with Gasteiger partial charge in [0.1, 0.15) is 0 Å². The van der Waals surface area contributed by atoms with Crippen LogP contribution in [0.5, 0.6) is 0 Å². The van der Waals surface area contributed by atoms with Gasteiger partial charge in [-0.25, -0.2) is 4.98 Å². The molecule has 1 aromatic heterocycles. The minimum Gasteiger partial charge on any atom is -0.439 e. The molecule has 1 unspecified atom stereocenters. The molecule has 152 valence electrons. The summed E-state index contributed by atoms with van der Waals surface area (Å²) in [6.45, 7) is 2.20. The van der Waals surface area contributed by atoms with E-state index in [1.54, 1.807) is 13.2 Å². The van der Waals surface area contributed by atoms with E-state index in [1.165, 1.54) is 10.5 Å². The number of guanidine groups is 1. The molecule has 0 bridgehead atoms. The highest BCUT2D eigenvalue weighted by Gasteiger charge is 2.34. The highest BCUT2D eigenvalue weighted by atomic mass is 19.4. The maximum atomic E-state index is 12.5. The minimum absolute atomic E-state index is 0.0822. The third kappa shape index (κ3) is 5.72. The minimum atomic E-state index is -4.17. The molecular weight excluding hydrogens is 371 g/mol. The first-order valence-electron chi connectivity index (χ1n) is 9.10. The quantitative estimate of drug-likeness (QED) is 0.602. The van der Waals surface area contributed by atoms with Crippen LogP contribution in [0.4, 0.5) is 13.2 Å². The molecule has 2 aromatic rings. The van der Waals surface area contributed by atoms with Crippen molar-refractivity contribution in [3.63, 3.8) is 0 Å². The third-order valence-corrected chi connectivity index (χ3v) is 4.54. The molecule has 2 heterocycles. The number of hydrogen-bond acceptors (Lipinski definition) is 4. The molecule has 1 aliphatic rings. The topological polar surface area (TPSA) is 65.7 Å². The largest absolute Gasteiger partial charge is 0.439 e. The number of halogens is 3. The second kappa shape index (κ2) is 8.64. The van der Waals surface area contributed by atoms with Gasteiger partial charge in [-0.05, 0) is 13.3 Å². The van der Waals surface area contributed by atoms with Crippen LogP contribution in [-0.2, 0) is 6.54 Å². The van der Waals surface area contributed by atoms with Crippen LogP contribution in [0.15, 0.2) is 39.9 Å². The molecule has 28 heavy (non-hydrogen) atoms. The van der Waals surface area contributed by atoms with Crippen molar-refractivity contribution in [3.8, 4) is 11.3 Å². The van der Waals surface area contributed by atoms with Gasteiger partial charge in [-0.3, -0.25) is 9.89 Å². The van der Waals surface area contributed by atoms with Crippen LogP contribution in [0.25, 0.3) is 11.3 Å². The van der Waals surface area contributed by atoms with E-state index in [1.807, 2.05) is 31.2 Å². The predicted molar refractivity (Wildman–Crippen MR) is 101 cm³/mol. The van der Waals surface area contributed by atoms with Gasteiger partial charge in [0.15, 0.2) is 11.7 Å². The van der Waals surface area contributed by atoms with Crippen molar-refractivity contribution in [2.75, 3.05) is 26.7 Å². The summed E-state index contributed by atoms with van der Waals surface area (Å²) in [7, 11) is 1.62. The van der Waals surface area contributed by atoms with E-state index in [0.717, 1.165) is 5.56 Å². The Balaban J connectivity index is 1.49. The van der Waals surface area contributed by atoms with Crippen molar-refractivity contribution in [1.82, 2.24) is 20.5 Å². The summed E-state index contributed by atoms with van der Waals surface area (Å²) in [6, 6.07) is 7.87. The van der Waals surface area contributed by atoms with Crippen LogP contribution in [0.3, 0.4) is 0 Å². The Kier molecular flexibility index (Phi) is 6.23. The molecule has 0 saturated carbocycles. The highest BCUT2D eigenvalue weighted by Crippen LogP contribution is 2.21. The molecule has 0 amide bonds. The molecule has 1 atom stereocenters. The summed E-state index contributed by atoms with van der Waals surface area (Å²) in [5.41, 5.74) is 2.11. The number of nitrogens with zero attached hydrogens (tertiary/aromatic N) is 3. The van der Waals surface area contributed by atoms with Gasteiger partial charge in [-0.1, -0.05) is 29.8 Å². The van der Waals surface area contributed by atoms with Gasteiger partial charge in [-0.15, -0.1) is 0 Å². The highest BCUT2D eigenvalue weighted by molar-refractivity contribution is 5.79. The van der Waals surface area contributed by atoms with Crippen LogP contribution in [-0.4, -0.2) is 54.7 Å². The zero-order chi connectivity index (χ0) is 20.1. The average molecular weight is 395 g/mol.